The van der Waals surface area contributed by atoms with Gasteiger partial charge in [-0.05, 0) is 12.0 Å². The van der Waals surface area contributed by atoms with E-state index in [4.69, 9.17) is 4.74 Å². The second-order valence-electron chi connectivity index (χ2n) is 4.88. The summed E-state index contributed by atoms with van der Waals surface area (Å²) in [5.41, 5.74) is 1.07. The average molecular weight is 312 g/mol. The van der Waals surface area contributed by atoms with Crippen molar-refractivity contribution in [2.75, 3.05) is 6.61 Å². The van der Waals surface area contributed by atoms with Crippen LogP contribution in [-0.4, -0.2) is 17.3 Å². The summed E-state index contributed by atoms with van der Waals surface area (Å²) in [7, 11) is 0. The Labute approximate surface area is 116 Å². The van der Waals surface area contributed by atoms with Crippen LogP contribution >= 0.6 is 15.9 Å². The summed E-state index contributed by atoms with van der Waals surface area (Å²) in [6.45, 7) is 4.70. The lowest BCUT2D eigenvalue weighted by molar-refractivity contribution is -0.122. The van der Waals surface area contributed by atoms with Crippen LogP contribution in [0.2, 0.25) is 0 Å². The first-order valence-corrected chi connectivity index (χ1v) is 7.17. The number of hydrogen-bond acceptors (Lipinski definition) is 2. The van der Waals surface area contributed by atoms with Crippen LogP contribution in [0.3, 0.4) is 0 Å². The van der Waals surface area contributed by atoms with Gasteiger partial charge in [-0.15, -0.1) is 0 Å². The number of amides is 1. The number of nitrogens with one attached hydrogen (secondary N) is 1. The fraction of sp³-hybridized carbons (Fsp3) is 0.500. The highest BCUT2D eigenvalue weighted by Gasteiger charge is 2.26. The molecule has 0 aromatic heterocycles. The van der Waals surface area contributed by atoms with E-state index >= 15 is 0 Å². The molecule has 0 saturated heterocycles. The molecular formula is C14H18BrNO2. The van der Waals surface area contributed by atoms with Crippen LogP contribution < -0.4 is 10.1 Å². The summed E-state index contributed by atoms with van der Waals surface area (Å²) in [6, 6.07) is 7.94. The average Bonchev–Trinajstić information content (AvgIpc) is 2.38. The minimum atomic E-state index is -0.146. The maximum absolute atomic E-state index is 12.1. The Morgan fingerprint density at radius 1 is 1.44 bits per heavy atom. The molecule has 0 saturated carbocycles. The van der Waals surface area contributed by atoms with E-state index in [2.05, 4.69) is 21.2 Å². The molecule has 0 spiro atoms. The molecule has 1 N–H and O–H groups in total. The highest BCUT2D eigenvalue weighted by atomic mass is 79.9. The summed E-state index contributed by atoms with van der Waals surface area (Å²) in [4.78, 5) is 11.9. The Hall–Kier alpha value is -1.03. The molecule has 0 unspecified atom stereocenters. The van der Waals surface area contributed by atoms with E-state index in [1.807, 2.05) is 38.1 Å². The lowest BCUT2D eigenvalue weighted by Gasteiger charge is -2.27. The quantitative estimate of drug-likeness (QED) is 0.871. The zero-order chi connectivity index (χ0) is 13.1. The standard InChI is InChI=1S/C14H18BrNO2/c1-9(2)13(15)14(17)16-11-7-8-18-12-6-4-3-5-10(11)12/h3-6,9,11,13H,7-8H2,1-2H3,(H,16,17)/t11-,13+/m1/s1. The lowest BCUT2D eigenvalue weighted by Crippen LogP contribution is -2.38. The van der Waals surface area contributed by atoms with E-state index < -0.39 is 0 Å². The van der Waals surface area contributed by atoms with Gasteiger partial charge in [0, 0.05) is 12.0 Å². The van der Waals surface area contributed by atoms with E-state index in [-0.39, 0.29) is 22.7 Å². The predicted molar refractivity (Wildman–Crippen MR) is 75.0 cm³/mol. The second kappa shape index (κ2) is 5.74. The number of benzene rings is 1. The highest BCUT2D eigenvalue weighted by molar-refractivity contribution is 9.10. The molecule has 18 heavy (non-hydrogen) atoms. The van der Waals surface area contributed by atoms with Gasteiger partial charge >= 0.3 is 0 Å². The number of halogens is 1. The summed E-state index contributed by atoms with van der Waals surface area (Å²) in [5.74, 6) is 1.21. The third-order valence-corrected chi connectivity index (χ3v) is 4.58. The van der Waals surface area contributed by atoms with Gasteiger partial charge in [-0.3, -0.25) is 4.79 Å². The molecule has 1 aliphatic heterocycles. The van der Waals surface area contributed by atoms with Crippen molar-refractivity contribution < 1.29 is 9.53 Å². The normalized spacial score (nSPS) is 19.9. The van der Waals surface area contributed by atoms with Crippen molar-refractivity contribution in [1.82, 2.24) is 5.32 Å². The van der Waals surface area contributed by atoms with Gasteiger partial charge in [0.1, 0.15) is 5.75 Å². The van der Waals surface area contributed by atoms with Gasteiger partial charge in [-0.25, -0.2) is 0 Å². The number of rotatable bonds is 3. The van der Waals surface area contributed by atoms with E-state index in [9.17, 15) is 4.79 Å². The third kappa shape index (κ3) is 2.86. The Kier molecular flexibility index (Phi) is 4.27. The molecule has 1 aromatic carbocycles. The molecule has 0 bridgehead atoms. The Morgan fingerprint density at radius 3 is 2.89 bits per heavy atom. The molecule has 3 nitrogen and oxygen atoms in total. The smallest absolute Gasteiger partial charge is 0.234 e. The minimum absolute atomic E-state index is 0.0479. The van der Waals surface area contributed by atoms with E-state index in [0.29, 0.717) is 6.61 Å². The van der Waals surface area contributed by atoms with Crippen molar-refractivity contribution >= 4 is 21.8 Å². The summed E-state index contributed by atoms with van der Waals surface area (Å²) < 4.78 is 5.58. The maximum Gasteiger partial charge on any atom is 0.234 e. The number of carbonyl (C=O) groups excluding carboxylic acids is 1. The molecule has 0 aliphatic carbocycles. The van der Waals surface area contributed by atoms with Gasteiger partial charge in [0.25, 0.3) is 0 Å². The van der Waals surface area contributed by atoms with Gasteiger partial charge < -0.3 is 10.1 Å². The van der Waals surface area contributed by atoms with Crippen LogP contribution in [0.15, 0.2) is 24.3 Å². The van der Waals surface area contributed by atoms with E-state index in [0.717, 1.165) is 17.7 Å². The fourth-order valence-electron chi connectivity index (χ4n) is 2.05. The van der Waals surface area contributed by atoms with Crippen LogP contribution in [0.5, 0.6) is 5.75 Å². The van der Waals surface area contributed by atoms with Crippen molar-refractivity contribution in [3.63, 3.8) is 0 Å². The molecular weight excluding hydrogens is 294 g/mol. The summed E-state index contributed by atoms with van der Waals surface area (Å²) >= 11 is 3.43. The van der Waals surface area contributed by atoms with Gasteiger partial charge in [0.2, 0.25) is 5.91 Å². The number of ether oxygens (including phenoxy) is 1. The lowest BCUT2D eigenvalue weighted by atomic mass is 10.00. The van der Waals surface area contributed by atoms with Crippen molar-refractivity contribution in [3.8, 4) is 5.75 Å². The van der Waals surface area contributed by atoms with Gasteiger partial charge in [0.15, 0.2) is 0 Å². The molecule has 4 heteroatoms. The molecule has 1 aromatic rings. The van der Waals surface area contributed by atoms with Crippen molar-refractivity contribution in [2.45, 2.75) is 31.1 Å². The fourth-order valence-corrected chi connectivity index (χ4v) is 2.18. The summed E-state index contributed by atoms with van der Waals surface area (Å²) in [5, 5.41) is 3.09. The molecule has 0 radical (unpaired) electrons. The van der Waals surface area contributed by atoms with Crippen LogP contribution in [-0.2, 0) is 4.79 Å². The summed E-state index contributed by atoms with van der Waals surface area (Å²) in [6.07, 6.45) is 0.820. The van der Waals surface area contributed by atoms with Crippen LogP contribution in [0, 0.1) is 5.92 Å². The van der Waals surface area contributed by atoms with Crippen molar-refractivity contribution in [3.05, 3.63) is 29.8 Å². The first-order valence-electron chi connectivity index (χ1n) is 6.25. The third-order valence-electron chi connectivity index (χ3n) is 3.11. The van der Waals surface area contributed by atoms with Crippen LogP contribution in [0.25, 0.3) is 0 Å². The number of alkyl halides is 1. The van der Waals surface area contributed by atoms with Gasteiger partial charge in [0.05, 0.1) is 17.5 Å². The van der Waals surface area contributed by atoms with E-state index in [1.165, 1.54) is 0 Å². The van der Waals surface area contributed by atoms with Crippen LogP contribution in [0.1, 0.15) is 31.9 Å². The molecule has 2 atom stereocenters. The largest absolute Gasteiger partial charge is 0.493 e. The van der Waals surface area contributed by atoms with Gasteiger partial charge in [-0.1, -0.05) is 48.0 Å². The highest BCUT2D eigenvalue weighted by Crippen LogP contribution is 2.31. The molecule has 1 amide bonds. The Balaban J connectivity index is 2.10. The second-order valence-corrected chi connectivity index (χ2v) is 5.87. The first-order chi connectivity index (χ1) is 8.59. The first kappa shape index (κ1) is 13.4. The monoisotopic (exact) mass is 311 g/mol. The molecule has 2 rings (SSSR count). The molecule has 98 valence electrons. The minimum Gasteiger partial charge on any atom is -0.493 e. The van der Waals surface area contributed by atoms with Crippen molar-refractivity contribution in [2.24, 2.45) is 5.92 Å². The van der Waals surface area contributed by atoms with E-state index in [1.54, 1.807) is 0 Å². The van der Waals surface area contributed by atoms with Crippen molar-refractivity contribution in [1.29, 1.82) is 0 Å². The molecule has 1 heterocycles. The molecule has 0 fully saturated rings. The predicted octanol–water partition coefficient (Wildman–Crippen LogP) is 3.05. The SMILES string of the molecule is CC(C)[C@H](Br)C(=O)N[C@@H]1CCOc2ccccc21. The zero-order valence-corrected chi connectivity index (χ0v) is 12.2. The topological polar surface area (TPSA) is 38.3 Å². The number of carbonyl (C=O) groups is 1. The Bertz CT molecular complexity index is 434. The maximum atomic E-state index is 12.1. The number of fused-ring (bicyclic) bond motifs is 1. The Morgan fingerprint density at radius 2 is 2.17 bits per heavy atom. The number of para-hydroxylation sites is 1. The van der Waals surface area contributed by atoms with Crippen LogP contribution in [0.4, 0.5) is 0 Å². The molecule has 1 aliphatic rings. The van der Waals surface area contributed by atoms with Gasteiger partial charge in [-0.2, -0.15) is 0 Å². The zero-order valence-electron chi connectivity index (χ0n) is 10.7. The number of hydrogen-bond donors (Lipinski definition) is 1.